The van der Waals surface area contributed by atoms with Gasteiger partial charge < -0.3 is 19.5 Å². The van der Waals surface area contributed by atoms with Gasteiger partial charge >= 0.3 is 5.97 Å². The molecular formula is C13H27NO4. The molecule has 108 valence electrons. The summed E-state index contributed by atoms with van der Waals surface area (Å²) in [7, 11) is 1.65. The first-order chi connectivity index (χ1) is 8.76. The van der Waals surface area contributed by atoms with Gasteiger partial charge in [0.05, 0.1) is 19.8 Å². The summed E-state index contributed by atoms with van der Waals surface area (Å²) < 4.78 is 15.2. The Morgan fingerprint density at radius 3 is 2.61 bits per heavy atom. The van der Waals surface area contributed by atoms with Crippen molar-refractivity contribution in [3.63, 3.8) is 0 Å². The highest BCUT2D eigenvalue weighted by atomic mass is 16.5. The van der Waals surface area contributed by atoms with Crippen molar-refractivity contribution < 1.29 is 19.0 Å². The fraction of sp³-hybridized carbons (Fsp3) is 0.923. The minimum absolute atomic E-state index is 0.153. The van der Waals surface area contributed by atoms with E-state index in [2.05, 4.69) is 12.2 Å². The van der Waals surface area contributed by atoms with Crippen molar-refractivity contribution in [2.75, 3.05) is 40.1 Å². The van der Waals surface area contributed by atoms with Crippen LogP contribution in [0.3, 0.4) is 0 Å². The molecule has 0 fully saturated rings. The highest BCUT2D eigenvalue weighted by Gasteiger charge is 2.17. The zero-order valence-electron chi connectivity index (χ0n) is 11.9. The highest BCUT2D eigenvalue weighted by Crippen LogP contribution is 2.00. The number of ether oxygens (including phenoxy) is 3. The number of esters is 1. The van der Waals surface area contributed by atoms with E-state index in [1.165, 1.54) is 0 Å². The zero-order chi connectivity index (χ0) is 13.6. The molecule has 0 radical (unpaired) electrons. The number of hydrogen-bond donors (Lipinski definition) is 1. The standard InChI is InChI=1S/C13H27NO4/c1-4-7-12(13(15)18-5-2)14-8-6-9-17-11-10-16-3/h12,14H,4-11H2,1-3H3. The number of rotatable bonds is 12. The summed E-state index contributed by atoms with van der Waals surface area (Å²) in [6.07, 6.45) is 2.65. The van der Waals surface area contributed by atoms with Crippen molar-refractivity contribution in [1.29, 1.82) is 0 Å². The molecule has 0 aliphatic heterocycles. The lowest BCUT2D eigenvalue weighted by atomic mass is 10.1. The predicted octanol–water partition coefficient (Wildman–Crippen LogP) is 1.36. The van der Waals surface area contributed by atoms with Crippen LogP contribution in [-0.4, -0.2) is 52.1 Å². The molecule has 18 heavy (non-hydrogen) atoms. The third kappa shape index (κ3) is 9.39. The van der Waals surface area contributed by atoms with Crippen LogP contribution in [0.4, 0.5) is 0 Å². The lowest BCUT2D eigenvalue weighted by Gasteiger charge is -2.16. The molecule has 5 nitrogen and oxygen atoms in total. The molecular weight excluding hydrogens is 234 g/mol. The Labute approximate surface area is 110 Å². The Bertz CT molecular complexity index is 199. The van der Waals surface area contributed by atoms with Gasteiger partial charge in [-0.15, -0.1) is 0 Å². The number of nitrogens with one attached hydrogen (secondary N) is 1. The van der Waals surface area contributed by atoms with Gasteiger partial charge in [-0.25, -0.2) is 0 Å². The van der Waals surface area contributed by atoms with E-state index in [9.17, 15) is 4.79 Å². The molecule has 1 N–H and O–H groups in total. The summed E-state index contributed by atoms with van der Waals surface area (Å²) in [6, 6.07) is -0.186. The smallest absolute Gasteiger partial charge is 0.323 e. The summed E-state index contributed by atoms with van der Waals surface area (Å²) in [5, 5.41) is 3.21. The maximum absolute atomic E-state index is 11.6. The maximum atomic E-state index is 11.6. The molecule has 0 aromatic heterocycles. The molecule has 5 heteroatoms. The molecule has 0 aliphatic rings. The van der Waals surface area contributed by atoms with Crippen LogP contribution in [0.5, 0.6) is 0 Å². The van der Waals surface area contributed by atoms with Crippen LogP contribution in [-0.2, 0) is 19.0 Å². The van der Waals surface area contributed by atoms with Crippen LogP contribution in [0.2, 0.25) is 0 Å². The average Bonchev–Trinajstić information content (AvgIpc) is 2.36. The first kappa shape index (κ1) is 17.4. The molecule has 1 unspecified atom stereocenters. The number of methoxy groups -OCH3 is 1. The van der Waals surface area contributed by atoms with E-state index < -0.39 is 0 Å². The monoisotopic (exact) mass is 261 g/mol. The third-order valence-corrected chi connectivity index (χ3v) is 2.44. The number of carbonyl (C=O) groups excluding carboxylic acids is 1. The van der Waals surface area contributed by atoms with Crippen LogP contribution >= 0.6 is 0 Å². The van der Waals surface area contributed by atoms with E-state index in [1.54, 1.807) is 7.11 Å². The summed E-state index contributed by atoms with van der Waals surface area (Å²) in [5.74, 6) is -0.153. The quantitative estimate of drug-likeness (QED) is 0.424. The van der Waals surface area contributed by atoms with Crippen molar-refractivity contribution >= 4 is 5.97 Å². The van der Waals surface area contributed by atoms with E-state index in [0.717, 1.165) is 25.8 Å². The van der Waals surface area contributed by atoms with Crippen LogP contribution in [0.25, 0.3) is 0 Å². The summed E-state index contributed by atoms with van der Waals surface area (Å²) in [5.41, 5.74) is 0. The Morgan fingerprint density at radius 1 is 1.22 bits per heavy atom. The second kappa shape index (κ2) is 12.8. The molecule has 0 heterocycles. The number of hydrogen-bond acceptors (Lipinski definition) is 5. The summed E-state index contributed by atoms with van der Waals surface area (Å²) in [4.78, 5) is 11.6. The highest BCUT2D eigenvalue weighted by molar-refractivity contribution is 5.75. The van der Waals surface area contributed by atoms with Crippen molar-refractivity contribution in [2.45, 2.75) is 39.2 Å². The van der Waals surface area contributed by atoms with Crippen molar-refractivity contribution in [1.82, 2.24) is 5.32 Å². The van der Waals surface area contributed by atoms with Gasteiger partial charge in [0.15, 0.2) is 0 Å². The Morgan fingerprint density at radius 2 is 2.00 bits per heavy atom. The fourth-order valence-corrected chi connectivity index (χ4v) is 1.53. The minimum atomic E-state index is -0.186. The molecule has 0 aromatic carbocycles. The lowest BCUT2D eigenvalue weighted by Crippen LogP contribution is -2.38. The van der Waals surface area contributed by atoms with Crippen molar-refractivity contribution in [3.05, 3.63) is 0 Å². The van der Waals surface area contributed by atoms with Crippen molar-refractivity contribution in [2.24, 2.45) is 0 Å². The van der Waals surface area contributed by atoms with Crippen LogP contribution < -0.4 is 5.32 Å². The van der Waals surface area contributed by atoms with E-state index in [-0.39, 0.29) is 12.0 Å². The maximum Gasteiger partial charge on any atom is 0.323 e. The van der Waals surface area contributed by atoms with E-state index >= 15 is 0 Å². The minimum Gasteiger partial charge on any atom is -0.465 e. The van der Waals surface area contributed by atoms with Gasteiger partial charge in [0, 0.05) is 13.7 Å². The first-order valence-corrected chi connectivity index (χ1v) is 6.72. The SMILES string of the molecule is CCCC(NCCCOCCOC)C(=O)OCC. The van der Waals surface area contributed by atoms with Gasteiger partial charge in [-0.1, -0.05) is 13.3 Å². The van der Waals surface area contributed by atoms with Crippen molar-refractivity contribution in [3.8, 4) is 0 Å². The molecule has 1 atom stereocenters. The van der Waals surface area contributed by atoms with Gasteiger partial charge in [0.25, 0.3) is 0 Å². The second-order valence-electron chi connectivity index (χ2n) is 4.01. The van der Waals surface area contributed by atoms with Gasteiger partial charge in [0.1, 0.15) is 6.04 Å². The van der Waals surface area contributed by atoms with Crippen LogP contribution in [0.1, 0.15) is 33.1 Å². The molecule has 0 aliphatic carbocycles. The Hall–Kier alpha value is -0.650. The van der Waals surface area contributed by atoms with Gasteiger partial charge in [-0.2, -0.15) is 0 Å². The third-order valence-electron chi connectivity index (χ3n) is 2.44. The molecule has 0 saturated heterocycles. The molecule has 0 saturated carbocycles. The van der Waals surface area contributed by atoms with Gasteiger partial charge in [-0.05, 0) is 26.3 Å². The van der Waals surface area contributed by atoms with E-state index in [1.807, 2.05) is 6.92 Å². The zero-order valence-corrected chi connectivity index (χ0v) is 11.9. The van der Waals surface area contributed by atoms with E-state index in [0.29, 0.717) is 26.4 Å². The Kier molecular flexibility index (Phi) is 12.3. The molecule has 0 amide bonds. The fourth-order valence-electron chi connectivity index (χ4n) is 1.53. The van der Waals surface area contributed by atoms with Gasteiger partial charge in [0.2, 0.25) is 0 Å². The normalized spacial score (nSPS) is 12.4. The van der Waals surface area contributed by atoms with Gasteiger partial charge in [-0.3, -0.25) is 4.79 Å². The topological polar surface area (TPSA) is 56.8 Å². The molecule has 0 rings (SSSR count). The summed E-state index contributed by atoms with van der Waals surface area (Å²) in [6.45, 7) is 6.99. The largest absolute Gasteiger partial charge is 0.465 e. The van der Waals surface area contributed by atoms with E-state index in [4.69, 9.17) is 14.2 Å². The molecule has 0 spiro atoms. The average molecular weight is 261 g/mol. The van der Waals surface area contributed by atoms with Crippen LogP contribution in [0, 0.1) is 0 Å². The molecule has 0 bridgehead atoms. The molecule has 0 aromatic rings. The predicted molar refractivity (Wildman–Crippen MR) is 70.6 cm³/mol. The summed E-state index contributed by atoms with van der Waals surface area (Å²) >= 11 is 0. The Balaban J connectivity index is 3.60. The lowest BCUT2D eigenvalue weighted by molar-refractivity contribution is -0.145. The second-order valence-corrected chi connectivity index (χ2v) is 4.01. The number of carbonyl (C=O) groups is 1. The van der Waals surface area contributed by atoms with Crippen LogP contribution in [0.15, 0.2) is 0 Å². The first-order valence-electron chi connectivity index (χ1n) is 6.72.